The van der Waals surface area contributed by atoms with E-state index >= 15 is 0 Å². The fourth-order valence-electron chi connectivity index (χ4n) is 5.98. The van der Waals surface area contributed by atoms with Gasteiger partial charge in [-0.25, -0.2) is 9.48 Å². The van der Waals surface area contributed by atoms with Crippen LogP contribution >= 0.6 is 11.8 Å². The number of urea groups is 1. The molecular formula is C38H40N6O5S. The fourth-order valence-corrected chi connectivity index (χ4v) is 6.90. The monoisotopic (exact) mass is 692 g/mol. The molecule has 1 aromatic heterocycles. The number of tetrazole rings is 1. The molecule has 4 aromatic carbocycles. The largest absolute Gasteiger partial charge is 0.392 e. The van der Waals surface area contributed by atoms with Crippen LogP contribution in [0.3, 0.4) is 0 Å². The molecule has 12 heteroatoms. The summed E-state index contributed by atoms with van der Waals surface area (Å²) < 4.78 is 15.2. The number of aliphatic hydroxyl groups is 1. The number of ketones is 1. The number of aryl methyl sites for hydroxylation is 1. The quantitative estimate of drug-likeness (QED) is 0.138. The van der Waals surface area contributed by atoms with Gasteiger partial charge in [-0.2, -0.15) is 0 Å². The van der Waals surface area contributed by atoms with Crippen LogP contribution in [0.25, 0.3) is 0 Å². The lowest BCUT2D eigenvalue weighted by Crippen LogP contribution is -2.46. The first-order valence-corrected chi connectivity index (χ1v) is 17.4. The van der Waals surface area contributed by atoms with Gasteiger partial charge in [0.05, 0.1) is 24.9 Å². The molecule has 0 bridgehead atoms. The number of nitrogens with zero attached hydrogens (tertiary/aromatic N) is 4. The van der Waals surface area contributed by atoms with Crippen LogP contribution in [0, 0.1) is 0 Å². The number of nitrogens with one attached hydrogen (secondary N) is 2. The number of carbonyl (C=O) groups excluding carboxylic acids is 2. The summed E-state index contributed by atoms with van der Waals surface area (Å²) in [6.07, 6.45) is -0.898. The minimum Gasteiger partial charge on any atom is -0.392 e. The van der Waals surface area contributed by atoms with Gasteiger partial charge in [-0.1, -0.05) is 121 Å². The molecule has 50 heavy (non-hydrogen) atoms. The van der Waals surface area contributed by atoms with Crippen molar-refractivity contribution in [3.63, 3.8) is 0 Å². The minimum absolute atomic E-state index is 0.0431. The van der Waals surface area contributed by atoms with Crippen molar-refractivity contribution in [1.82, 2.24) is 30.8 Å². The Morgan fingerprint density at radius 3 is 2.14 bits per heavy atom. The molecule has 1 aliphatic heterocycles. The first-order valence-electron chi connectivity index (χ1n) is 16.5. The number of benzene rings is 4. The Labute approximate surface area is 295 Å². The van der Waals surface area contributed by atoms with Crippen molar-refractivity contribution in [2.24, 2.45) is 7.05 Å². The molecule has 5 atom stereocenters. The highest BCUT2D eigenvalue weighted by molar-refractivity contribution is 7.99. The summed E-state index contributed by atoms with van der Waals surface area (Å²) in [5.74, 6) is 0.313. The summed E-state index contributed by atoms with van der Waals surface area (Å²) in [6, 6.07) is 34.3. The lowest BCUT2D eigenvalue weighted by atomic mass is 9.84. The number of thioether (sulfide) groups is 1. The zero-order chi connectivity index (χ0) is 34.9. The molecule has 6 rings (SSSR count). The molecule has 5 aromatic rings. The van der Waals surface area contributed by atoms with Gasteiger partial charge in [0.25, 0.3) is 0 Å². The van der Waals surface area contributed by atoms with Crippen molar-refractivity contribution < 1.29 is 24.2 Å². The Bertz CT molecular complexity index is 1840. The number of aromatic nitrogens is 4. The number of hydrogen-bond donors (Lipinski definition) is 3. The molecule has 0 spiro atoms. The van der Waals surface area contributed by atoms with Gasteiger partial charge in [-0.15, -0.1) is 5.10 Å². The van der Waals surface area contributed by atoms with E-state index in [1.165, 1.54) is 18.7 Å². The molecule has 5 unspecified atom stereocenters. The van der Waals surface area contributed by atoms with E-state index in [0.29, 0.717) is 17.3 Å². The number of hydrogen-bond acceptors (Lipinski definition) is 9. The van der Waals surface area contributed by atoms with Gasteiger partial charge in [0.1, 0.15) is 0 Å². The summed E-state index contributed by atoms with van der Waals surface area (Å²) in [7, 11) is 1.81. The maximum atomic E-state index is 12.8. The van der Waals surface area contributed by atoms with Crippen LogP contribution in [0.5, 0.6) is 0 Å². The topological polar surface area (TPSA) is 140 Å². The second-order valence-corrected chi connectivity index (χ2v) is 13.2. The average Bonchev–Trinajstić information content (AvgIpc) is 3.57. The molecule has 3 N–H and O–H groups in total. The first-order chi connectivity index (χ1) is 24.4. The van der Waals surface area contributed by atoms with Crippen molar-refractivity contribution >= 4 is 23.6 Å². The second kappa shape index (κ2) is 16.7. The van der Waals surface area contributed by atoms with Crippen LogP contribution in [0.2, 0.25) is 0 Å². The van der Waals surface area contributed by atoms with Crippen LogP contribution in [0.15, 0.2) is 114 Å². The van der Waals surface area contributed by atoms with Crippen LogP contribution in [0.1, 0.15) is 58.6 Å². The van der Waals surface area contributed by atoms with Crippen molar-refractivity contribution in [2.75, 3.05) is 5.75 Å². The third-order valence-electron chi connectivity index (χ3n) is 8.71. The Morgan fingerprint density at radius 2 is 1.50 bits per heavy atom. The van der Waals surface area contributed by atoms with Gasteiger partial charge in [-0.05, 0) is 51.6 Å². The zero-order valence-corrected chi connectivity index (χ0v) is 28.7. The lowest BCUT2D eigenvalue weighted by molar-refractivity contribution is -0.255. The van der Waals surface area contributed by atoms with Gasteiger partial charge in [0, 0.05) is 30.8 Å². The van der Waals surface area contributed by atoms with E-state index in [4.69, 9.17) is 9.47 Å². The molecule has 258 valence electrons. The highest BCUT2D eigenvalue weighted by Gasteiger charge is 2.42. The second-order valence-electron chi connectivity index (χ2n) is 12.2. The van der Waals surface area contributed by atoms with Gasteiger partial charge in [-0.3, -0.25) is 4.79 Å². The van der Waals surface area contributed by atoms with Crippen molar-refractivity contribution in [2.45, 2.75) is 62.1 Å². The van der Waals surface area contributed by atoms with Crippen molar-refractivity contribution in [3.8, 4) is 0 Å². The minimum atomic E-state index is -0.680. The van der Waals surface area contributed by atoms with Gasteiger partial charge in [0.15, 0.2) is 12.1 Å². The van der Waals surface area contributed by atoms with Crippen molar-refractivity contribution in [3.05, 3.63) is 143 Å². The third kappa shape index (κ3) is 8.82. The molecule has 11 nitrogen and oxygen atoms in total. The first kappa shape index (κ1) is 35.0. The van der Waals surface area contributed by atoms with Gasteiger partial charge >= 0.3 is 6.03 Å². The highest BCUT2D eigenvalue weighted by atomic mass is 32.2. The van der Waals surface area contributed by atoms with E-state index in [1.54, 1.807) is 4.68 Å². The Kier molecular flexibility index (Phi) is 11.7. The SMILES string of the molecule is CC(=O)C(Cc1ccccc1)NC(=O)NCc1ccc(C2OC(CSc3nnnn3C)C(c3ccccc3)C(c3ccc(CO)cc3)O2)cc1. The number of amides is 2. The Balaban J connectivity index is 1.18. The summed E-state index contributed by atoms with van der Waals surface area (Å²) in [5, 5.41) is 28.0. The summed E-state index contributed by atoms with van der Waals surface area (Å²) in [4.78, 5) is 25.0. The van der Waals surface area contributed by atoms with Gasteiger partial charge in [0.2, 0.25) is 5.16 Å². The third-order valence-corrected chi connectivity index (χ3v) is 9.81. The normalized spacial score (nSPS) is 19.4. The molecule has 2 amide bonds. The standard InChI is InChI=1S/C38H40N6O5S/c1-25(46)32(21-26-9-5-3-6-10-26)40-37(47)39-22-27-13-19-31(20-14-27)36-48-33(24-50-38-41-42-43-44(38)2)34(29-11-7-4-8-12-29)35(49-36)30-17-15-28(23-45)16-18-30/h3-20,32-36,45H,21-24H2,1-2H3,(H2,39,40,47). The Morgan fingerprint density at radius 1 is 0.840 bits per heavy atom. The summed E-state index contributed by atoms with van der Waals surface area (Å²) in [5.41, 5.74) is 5.56. The number of ether oxygens (including phenoxy) is 2. The molecule has 1 aliphatic rings. The molecule has 2 heterocycles. The van der Waals surface area contributed by atoms with E-state index in [-0.39, 0.29) is 37.1 Å². The molecular weight excluding hydrogens is 653 g/mol. The average molecular weight is 693 g/mol. The van der Waals surface area contributed by atoms with E-state index in [0.717, 1.165) is 33.4 Å². The molecule has 0 aliphatic carbocycles. The van der Waals surface area contributed by atoms with E-state index < -0.39 is 18.4 Å². The number of rotatable bonds is 13. The van der Waals surface area contributed by atoms with E-state index in [9.17, 15) is 14.7 Å². The van der Waals surface area contributed by atoms with Crippen LogP contribution in [-0.4, -0.2) is 55.0 Å². The molecule has 0 radical (unpaired) electrons. The van der Waals surface area contributed by atoms with Crippen LogP contribution < -0.4 is 10.6 Å². The summed E-state index contributed by atoms with van der Waals surface area (Å²) >= 11 is 1.52. The summed E-state index contributed by atoms with van der Waals surface area (Å²) in [6.45, 7) is 1.71. The lowest BCUT2D eigenvalue weighted by Gasteiger charge is -2.43. The predicted molar refractivity (Wildman–Crippen MR) is 189 cm³/mol. The smallest absolute Gasteiger partial charge is 0.315 e. The predicted octanol–water partition coefficient (Wildman–Crippen LogP) is 5.43. The molecule has 1 fully saturated rings. The van der Waals surface area contributed by atoms with Crippen molar-refractivity contribution in [1.29, 1.82) is 0 Å². The van der Waals surface area contributed by atoms with Crippen LogP contribution in [-0.2, 0) is 40.9 Å². The molecule has 1 saturated heterocycles. The molecule has 0 saturated carbocycles. The van der Waals surface area contributed by atoms with Gasteiger partial charge < -0.3 is 25.2 Å². The highest BCUT2D eigenvalue weighted by Crippen LogP contribution is 2.47. The van der Waals surface area contributed by atoms with E-state index in [1.807, 2.05) is 104 Å². The zero-order valence-electron chi connectivity index (χ0n) is 27.9. The number of Topliss-reactive ketones (excluding diaryl/α,β-unsaturated/α-hetero) is 1. The number of carbonyl (C=O) groups is 2. The van der Waals surface area contributed by atoms with E-state index in [2.05, 4.69) is 38.3 Å². The number of aliphatic hydroxyl groups excluding tert-OH is 1. The Hall–Kier alpha value is -4.88. The maximum absolute atomic E-state index is 12.8. The maximum Gasteiger partial charge on any atom is 0.315 e. The van der Waals surface area contributed by atoms with Crippen LogP contribution in [0.4, 0.5) is 4.79 Å². The fraction of sp³-hybridized carbons (Fsp3) is 0.289.